The smallest absolute Gasteiger partial charge is 0.311 e. The average Bonchev–Trinajstić information content (AvgIpc) is 2.20. The Bertz CT molecular complexity index is 272. The molecule has 3 nitrogen and oxygen atoms in total. The number of rotatable bonds is 1. The molecule has 3 N–H and O–H groups in total. The number of aryl methyl sites for hydroxylation is 1. The third-order valence-electron chi connectivity index (χ3n) is 1.57. The van der Waals surface area contributed by atoms with Crippen molar-refractivity contribution in [2.24, 2.45) is 5.73 Å². The van der Waals surface area contributed by atoms with Crippen molar-refractivity contribution >= 4 is 22.0 Å². The summed E-state index contributed by atoms with van der Waals surface area (Å²) in [5, 5.41) is 2.17. The second kappa shape index (κ2) is 7.38. The Kier molecular flexibility index (Phi) is 6.84. The summed E-state index contributed by atoms with van der Waals surface area (Å²) in [5.41, 5.74) is 5.93. The molecule has 0 fully saturated rings. The molecule has 0 saturated carbocycles. The second-order valence-electron chi connectivity index (χ2n) is 2.59. The number of primary amides is 1. The molecule has 0 spiro atoms. The molecule has 0 radical (unpaired) electrons. The van der Waals surface area contributed by atoms with Crippen molar-refractivity contribution in [3.63, 3.8) is 0 Å². The zero-order valence-electron chi connectivity index (χ0n) is 8.38. The Hall–Kier alpha value is -1.03. The first-order valence-electron chi connectivity index (χ1n) is 4.31. The van der Waals surface area contributed by atoms with Gasteiger partial charge in [-0.2, -0.15) is 0 Å². The van der Waals surface area contributed by atoms with Gasteiger partial charge in [-0.3, -0.25) is 0 Å². The fraction of sp³-hybridized carbons (Fsp3) is 0.300. The lowest BCUT2D eigenvalue weighted by atomic mass is 10.2. The molecule has 0 unspecified atom stereocenters. The maximum atomic E-state index is 9.48. The molecule has 0 aliphatic rings. The van der Waals surface area contributed by atoms with Gasteiger partial charge in [-0.1, -0.05) is 35.0 Å². The highest BCUT2D eigenvalue weighted by Gasteiger charge is 1.86. The molecular formula is C10H15BrN2O. The van der Waals surface area contributed by atoms with E-state index in [0.29, 0.717) is 0 Å². The van der Waals surface area contributed by atoms with Gasteiger partial charge in [0, 0.05) is 11.5 Å². The van der Waals surface area contributed by atoms with Crippen LogP contribution in [0.15, 0.2) is 28.7 Å². The van der Waals surface area contributed by atoms with Crippen LogP contribution in [0.3, 0.4) is 0 Å². The molecule has 2 amide bonds. The molecule has 0 atom stereocenters. The molecule has 0 aliphatic carbocycles. The van der Waals surface area contributed by atoms with Crippen molar-refractivity contribution in [3.05, 3.63) is 34.3 Å². The second-order valence-corrected chi connectivity index (χ2v) is 3.51. The van der Waals surface area contributed by atoms with E-state index < -0.39 is 6.03 Å². The van der Waals surface area contributed by atoms with Gasteiger partial charge >= 0.3 is 6.03 Å². The molecule has 1 aromatic rings. The number of carbonyl (C=O) groups is 1. The van der Waals surface area contributed by atoms with Gasteiger partial charge in [0.15, 0.2) is 0 Å². The number of hydrogen-bond donors (Lipinski definition) is 2. The number of nitrogens with one attached hydrogen (secondary N) is 1. The minimum Gasteiger partial charge on any atom is -0.352 e. The maximum Gasteiger partial charge on any atom is 0.311 e. The number of hydrogen-bond acceptors (Lipinski definition) is 1. The molecule has 0 saturated heterocycles. The topological polar surface area (TPSA) is 55.1 Å². The van der Waals surface area contributed by atoms with Crippen molar-refractivity contribution in [1.29, 1.82) is 0 Å². The Labute approximate surface area is 92.8 Å². The van der Waals surface area contributed by atoms with Gasteiger partial charge in [0.2, 0.25) is 0 Å². The number of halogens is 1. The predicted octanol–water partition coefficient (Wildman–Crippen LogP) is 2.30. The number of amides is 2. The Morgan fingerprint density at radius 2 is 1.86 bits per heavy atom. The van der Waals surface area contributed by atoms with Gasteiger partial charge < -0.3 is 11.1 Å². The summed E-state index contributed by atoms with van der Waals surface area (Å²) in [4.78, 5) is 9.48. The fourth-order valence-electron chi connectivity index (χ4n) is 0.720. The molecule has 0 aliphatic heterocycles. The van der Waals surface area contributed by atoms with E-state index in [-0.39, 0.29) is 0 Å². The third kappa shape index (κ3) is 6.48. The molecule has 78 valence electrons. The van der Waals surface area contributed by atoms with Crippen LogP contribution in [0.5, 0.6) is 0 Å². The van der Waals surface area contributed by atoms with Gasteiger partial charge in [-0.05, 0) is 24.1 Å². The maximum absolute atomic E-state index is 9.48. The van der Waals surface area contributed by atoms with E-state index >= 15 is 0 Å². The normalized spacial score (nSPS) is 8.50. The highest BCUT2D eigenvalue weighted by Crippen LogP contribution is 2.10. The first-order valence-corrected chi connectivity index (χ1v) is 5.11. The highest BCUT2D eigenvalue weighted by atomic mass is 79.9. The number of benzene rings is 1. The Morgan fingerprint density at radius 3 is 2.14 bits per heavy atom. The van der Waals surface area contributed by atoms with E-state index in [1.807, 2.05) is 0 Å². The number of carbonyl (C=O) groups excluding carboxylic acids is 1. The quantitative estimate of drug-likeness (QED) is 0.798. The third-order valence-corrected chi connectivity index (χ3v) is 2.10. The van der Waals surface area contributed by atoms with Gasteiger partial charge in [-0.15, -0.1) is 0 Å². The van der Waals surface area contributed by atoms with Crippen LogP contribution in [0.1, 0.15) is 12.5 Å². The summed E-state index contributed by atoms with van der Waals surface area (Å²) >= 11 is 3.37. The van der Waals surface area contributed by atoms with Crippen LogP contribution in [0.25, 0.3) is 0 Å². The van der Waals surface area contributed by atoms with E-state index in [1.54, 1.807) is 0 Å². The number of nitrogens with two attached hydrogens (primary N) is 1. The predicted molar refractivity (Wildman–Crippen MR) is 62.2 cm³/mol. The van der Waals surface area contributed by atoms with Crippen molar-refractivity contribution in [2.75, 3.05) is 7.05 Å². The standard InChI is InChI=1S/C8H9Br.C2H6N2O/c1-2-7-3-5-8(9)6-4-7;1-4-2(3)5/h3-6H,2H2,1H3;1H3,(H3,3,4,5). The van der Waals surface area contributed by atoms with Crippen LogP contribution in [0.4, 0.5) is 4.79 Å². The summed E-state index contributed by atoms with van der Waals surface area (Å²) in [7, 11) is 1.47. The van der Waals surface area contributed by atoms with E-state index in [4.69, 9.17) is 0 Å². The largest absolute Gasteiger partial charge is 0.352 e. The Morgan fingerprint density at radius 1 is 1.43 bits per heavy atom. The van der Waals surface area contributed by atoms with E-state index in [0.717, 1.165) is 10.9 Å². The SMILES string of the molecule is CCc1ccc(Br)cc1.CNC(N)=O. The van der Waals surface area contributed by atoms with Crippen LogP contribution in [0, 0.1) is 0 Å². The van der Waals surface area contributed by atoms with Crippen LogP contribution < -0.4 is 11.1 Å². The van der Waals surface area contributed by atoms with E-state index in [9.17, 15) is 4.79 Å². The molecule has 1 aromatic carbocycles. The van der Waals surface area contributed by atoms with Crippen LogP contribution in [-0.2, 0) is 6.42 Å². The summed E-state index contributed by atoms with van der Waals surface area (Å²) in [5.74, 6) is 0. The van der Waals surface area contributed by atoms with E-state index in [2.05, 4.69) is 58.2 Å². The summed E-state index contributed by atoms with van der Waals surface area (Å²) in [6.45, 7) is 2.16. The van der Waals surface area contributed by atoms with Crippen LogP contribution >= 0.6 is 15.9 Å². The molecule has 0 heterocycles. The van der Waals surface area contributed by atoms with E-state index in [1.165, 1.54) is 12.6 Å². The van der Waals surface area contributed by atoms with Crippen molar-refractivity contribution in [2.45, 2.75) is 13.3 Å². The van der Waals surface area contributed by atoms with Crippen molar-refractivity contribution < 1.29 is 4.79 Å². The minimum atomic E-state index is -0.495. The zero-order valence-corrected chi connectivity index (χ0v) is 9.97. The first-order chi connectivity index (χ1) is 6.60. The van der Waals surface area contributed by atoms with Gasteiger partial charge in [0.1, 0.15) is 0 Å². The lowest BCUT2D eigenvalue weighted by Gasteiger charge is -1.93. The van der Waals surface area contributed by atoms with Crippen LogP contribution in [0.2, 0.25) is 0 Å². The molecular weight excluding hydrogens is 244 g/mol. The van der Waals surface area contributed by atoms with Gasteiger partial charge in [-0.25, -0.2) is 4.79 Å². The Balaban J connectivity index is 0.000000292. The molecule has 0 bridgehead atoms. The fourth-order valence-corrected chi connectivity index (χ4v) is 0.984. The van der Waals surface area contributed by atoms with Gasteiger partial charge in [0.05, 0.1) is 0 Å². The molecule has 14 heavy (non-hydrogen) atoms. The zero-order chi connectivity index (χ0) is 11.0. The molecule has 1 rings (SSSR count). The highest BCUT2D eigenvalue weighted by molar-refractivity contribution is 9.10. The summed E-state index contributed by atoms with van der Waals surface area (Å²) in [6.07, 6.45) is 1.12. The summed E-state index contributed by atoms with van der Waals surface area (Å²) in [6, 6.07) is 7.90. The summed E-state index contributed by atoms with van der Waals surface area (Å²) < 4.78 is 1.15. The lowest BCUT2D eigenvalue weighted by Crippen LogP contribution is -2.24. The first kappa shape index (κ1) is 13.0. The molecule has 4 heteroatoms. The molecule has 0 aromatic heterocycles. The monoisotopic (exact) mass is 258 g/mol. The van der Waals surface area contributed by atoms with Crippen molar-refractivity contribution in [1.82, 2.24) is 5.32 Å². The van der Waals surface area contributed by atoms with Crippen LogP contribution in [-0.4, -0.2) is 13.1 Å². The average molecular weight is 259 g/mol. The minimum absolute atomic E-state index is 0.495. The number of urea groups is 1. The van der Waals surface area contributed by atoms with Gasteiger partial charge in [0.25, 0.3) is 0 Å². The van der Waals surface area contributed by atoms with Crippen molar-refractivity contribution in [3.8, 4) is 0 Å². The lowest BCUT2D eigenvalue weighted by molar-refractivity contribution is 0.251.